The number of nitrogens with zero attached hydrogens (tertiary/aromatic N) is 6. The molecule has 13 nitrogen and oxygen atoms in total. The van der Waals surface area contributed by atoms with Gasteiger partial charge < -0.3 is 15.4 Å². The van der Waals surface area contributed by atoms with Crippen LogP contribution >= 0.6 is 0 Å². The summed E-state index contributed by atoms with van der Waals surface area (Å²) in [6, 6.07) is 23.1. The second kappa shape index (κ2) is 14.2. The van der Waals surface area contributed by atoms with Crippen molar-refractivity contribution in [3.63, 3.8) is 0 Å². The van der Waals surface area contributed by atoms with Crippen LogP contribution in [0.15, 0.2) is 79.1 Å². The summed E-state index contributed by atoms with van der Waals surface area (Å²) in [5, 5.41) is 8.16. The zero-order valence-electron chi connectivity index (χ0n) is 31.5. The summed E-state index contributed by atoms with van der Waals surface area (Å²) < 4.78 is 8.08. The standard InChI is InChI=1S/C44H44N8O5/c45-40-38-39(27-6-9-33(10-7-27)57-32-4-2-1-3-5-32)49-52(41(38)47-24-46-40)30-14-16-50(17-15-30)31-21-26(22-31)18-25-19-29(20-25)28-8-11-34-35(23-28)44(56)51(43(34)55)36-12-13-37(53)48-42(36)54/h1-11,23-26,29-31,36H,12-22H2,(H2,45,46,47)(H,48,53,54). The number of para-hydroxylation sites is 1. The maximum Gasteiger partial charge on any atom is 0.262 e. The molecule has 2 saturated heterocycles. The summed E-state index contributed by atoms with van der Waals surface area (Å²) in [6.07, 6.45) is 9.67. The van der Waals surface area contributed by atoms with Crippen LogP contribution in [0.2, 0.25) is 0 Å². The fourth-order valence-electron chi connectivity index (χ4n) is 9.86. The first-order valence-corrected chi connectivity index (χ1v) is 20.2. The van der Waals surface area contributed by atoms with E-state index >= 15 is 0 Å². The number of hydrogen-bond acceptors (Lipinski definition) is 10. The Morgan fingerprint density at radius 1 is 0.772 bits per heavy atom. The van der Waals surface area contributed by atoms with Crippen molar-refractivity contribution < 1.29 is 23.9 Å². The highest BCUT2D eigenvalue weighted by atomic mass is 16.5. The lowest BCUT2D eigenvalue weighted by Crippen LogP contribution is -2.54. The first-order chi connectivity index (χ1) is 27.8. The van der Waals surface area contributed by atoms with Gasteiger partial charge in [0.25, 0.3) is 11.8 Å². The number of hydrogen-bond donors (Lipinski definition) is 2. The minimum absolute atomic E-state index is 0.111. The van der Waals surface area contributed by atoms with Crippen LogP contribution in [0.1, 0.15) is 96.0 Å². The smallest absolute Gasteiger partial charge is 0.262 e. The van der Waals surface area contributed by atoms with Crippen LogP contribution in [0.4, 0.5) is 5.82 Å². The molecule has 0 spiro atoms. The molecule has 4 fully saturated rings. The van der Waals surface area contributed by atoms with E-state index in [4.69, 9.17) is 15.6 Å². The molecule has 57 heavy (non-hydrogen) atoms. The maximum atomic E-state index is 13.3. The molecular weight excluding hydrogens is 721 g/mol. The molecular formula is C44H44N8O5. The van der Waals surface area contributed by atoms with E-state index in [9.17, 15) is 19.2 Å². The Kier molecular flexibility index (Phi) is 8.84. The van der Waals surface area contributed by atoms with Crippen molar-refractivity contribution in [1.29, 1.82) is 0 Å². The largest absolute Gasteiger partial charge is 0.457 e. The van der Waals surface area contributed by atoms with Gasteiger partial charge in [-0.25, -0.2) is 14.6 Å². The Labute approximate surface area is 329 Å². The van der Waals surface area contributed by atoms with Crippen molar-refractivity contribution in [1.82, 2.24) is 34.9 Å². The van der Waals surface area contributed by atoms with Crippen molar-refractivity contribution in [2.75, 3.05) is 18.8 Å². The summed E-state index contributed by atoms with van der Waals surface area (Å²) >= 11 is 0. The molecule has 13 heteroatoms. The minimum Gasteiger partial charge on any atom is -0.457 e. The third kappa shape index (κ3) is 6.43. The second-order valence-electron chi connectivity index (χ2n) is 16.5. The van der Waals surface area contributed by atoms with E-state index in [0.717, 1.165) is 88.9 Å². The van der Waals surface area contributed by atoms with Crippen LogP contribution in [0.25, 0.3) is 22.3 Å². The second-order valence-corrected chi connectivity index (χ2v) is 16.5. The van der Waals surface area contributed by atoms with Crippen LogP contribution in [-0.4, -0.2) is 78.4 Å². The summed E-state index contributed by atoms with van der Waals surface area (Å²) in [5.41, 5.74) is 10.7. The molecule has 1 unspecified atom stereocenters. The zero-order valence-corrected chi connectivity index (χ0v) is 31.5. The number of nitrogen functional groups attached to an aromatic ring is 1. The van der Waals surface area contributed by atoms with Crippen LogP contribution in [0.5, 0.6) is 11.5 Å². The Bertz CT molecular complexity index is 2390. The average Bonchev–Trinajstić information content (AvgIpc) is 3.70. The molecule has 0 bridgehead atoms. The molecule has 290 valence electrons. The number of carbonyl (C=O) groups is 4. The molecule has 5 aromatic rings. The van der Waals surface area contributed by atoms with Crippen molar-refractivity contribution in [2.24, 2.45) is 11.8 Å². The van der Waals surface area contributed by atoms with Gasteiger partial charge in [0.1, 0.15) is 35.4 Å². The van der Waals surface area contributed by atoms with Gasteiger partial charge in [0.05, 0.1) is 22.6 Å². The number of piperidine rings is 2. The van der Waals surface area contributed by atoms with E-state index in [-0.39, 0.29) is 24.8 Å². The van der Waals surface area contributed by atoms with Gasteiger partial charge in [-0.05, 0) is 123 Å². The van der Waals surface area contributed by atoms with Crippen molar-refractivity contribution in [2.45, 2.75) is 81.8 Å². The predicted octanol–water partition coefficient (Wildman–Crippen LogP) is 6.27. The van der Waals surface area contributed by atoms with E-state index in [1.54, 1.807) is 6.07 Å². The predicted molar refractivity (Wildman–Crippen MR) is 211 cm³/mol. The summed E-state index contributed by atoms with van der Waals surface area (Å²) in [5.74, 6) is 1.88. The average molecular weight is 765 g/mol. The quantitative estimate of drug-likeness (QED) is 0.164. The van der Waals surface area contributed by atoms with Crippen molar-refractivity contribution >= 4 is 40.5 Å². The Morgan fingerprint density at radius 2 is 1.49 bits per heavy atom. The van der Waals surface area contributed by atoms with Crippen LogP contribution < -0.4 is 15.8 Å². The molecule has 2 aliphatic carbocycles. The number of ether oxygens (including phenoxy) is 1. The van der Waals surface area contributed by atoms with Gasteiger partial charge in [-0.15, -0.1) is 0 Å². The number of benzene rings is 3. The van der Waals surface area contributed by atoms with E-state index in [2.05, 4.69) is 24.9 Å². The summed E-state index contributed by atoms with van der Waals surface area (Å²) in [4.78, 5) is 63.2. The Balaban J connectivity index is 0.717. The molecule has 5 aliphatic rings. The topological polar surface area (TPSA) is 166 Å². The number of imide groups is 2. The first-order valence-electron chi connectivity index (χ1n) is 20.2. The Morgan fingerprint density at radius 3 is 2.25 bits per heavy atom. The number of fused-ring (bicyclic) bond motifs is 2. The number of nitrogens with one attached hydrogen (secondary N) is 1. The molecule has 3 N–H and O–H groups in total. The maximum absolute atomic E-state index is 13.3. The molecule has 3 aliphatic heterocycles. The molecule has 2 aromatic heterocycles. The van der Waals surface area contributed by atoms with Crippen LogP contribution in [0.3, 0.4) is 0 Å². The first kappa shape index (κ1) is 35.5. The van der Waals surface area contributed by atoms with E-state index < -0.39 is 23.8 Å². The monoisotopic (exact) mass is 764 g/mol. The van der Waals surface area contributed by atoms with Gasteiger partial charge in [-0.2, -0.15) is 5.10 Å². The molecule has 10 rings (SSSR count). The van der Waals surface area contributed by atoms with Crippen LogP contribution in [-0.2, 0) is 9.59 Å². The highest BCUT2D eigenvalue weighted by molar-refractivity contribution is 6.23. The fraction of sp³-hybridized carbons (Fsp3) is 0.386. The molecule has 3 aromatic carbocycles. The Hall–Kier alpha value is -5.95. The number of carbonyl (C=O) groups excluding carboxylic acids is 4. The van der Waals surface area contributed by atoms with Gasteiger partial charge in [0.2, 0.25) is 11.8 Å². The third-order valence-electron chi connectivity index (χ3n) is 13.0. The lowest BCUT2D eigenvalue weighted by molar-refractivity contribution is -0.136. The zero-order chi connectivity index (χ0) is 38.8. The molecule has 0 radical (unpaired) electrons. The number of nitrogens with two attached hydrogens (primary N) is 1. The summed E-state index contributed by atoms with van der Waals surface area (Å²) in [7, 11) is 0. The van der Waals surface area contributed by atoms with Crippen molar-refractivity contribution in [3.8, 4) is 22.8 Å². The van der Waals surface area contributed by atoms with E-state index in [0.29, 0.717) is 34.8 Å². The molecule has 2 saturated carbocycles. The number of anilines is 1. The highest BCUT2D eigenvalue weighted by Gasteiger charge is 2.46. The van der Waals surface area contributed by atoms with Crippen molar-refractivity contribution in [3.05, 3.63) is 95.8 Å². The number of rotatable bonds is 9. The SMILES string of the molecule is Nc1ncnc2c1c(-c1ccc(Oc3ccccc3)cc1)nn2C1CCN(C2CC(CC3CC(c4ccc5c(c4)C(=O)N(C4CCC(=O)NC4=O)C5=O)C3)C2)CC1. The fourth-order valence-corrected chi connectivity index (χ4v) is 9.86. The lowest BCUT2D eigenvalue weighted by atomic mass is 9.64. The van der Waals surface area contributed by atoms with E-state index in [1.165, 1.54) is 25.6 Å². The van der Waals surface area contributed by atoms with Crippen LogP contribution in [0, 0.1) is 11.8 Å². The molecule has 1 atom stereocenters. The number of likely N-dealkylation sites (tertiary alicyclic amines) is 1. The molecule has 4 amide bonds. The number of aromatic nitrogens is 4. The third-order valence-corrected chi connectivity index (χ3v) is 13.0. The van der Waals surface area contributed by atoms with Gasteiger partial charge in [-0.3, -0.25) is 29.4 Å². The number of amides is 4. The van der Waals surface area contributed by atoms with Gasteiger partial charge in [-0.1, -0.05) is 24.3 Å². The van der Waals surface area contributed by atoms with Gasteiger partial charge in [0, 0.05) is 31.1 Å². The van der Waals surface area contributed by atoms with Gasteiger partial charge >= 0.3 is 0 Å². The molecule has 5 heterocycles. The van der Waals surface area contributed by atoms with E-state index in [1.807, 2.05) is 66.7 Å². The normalized spacial score (nSPS) is 25.3. The van der Waals surface area contributed by atoms with Gasteiger partial charge in [0.15, 0.2) is 5.65 Å². The summed E-state index contributed by atoms with van der Waals surface area (Å²) in [6.45, 7) is 2.05. The lowest BCUT2D eigenvalue weighted by Gasteiger charge is -2.48. The highest BCUT2D eigenvalue weighted by Crippen LogP contribution is 2.49. The minimum atomic E-state index is -0.944.